The van der Waals surface area contributed by atoms with Crippen molar-refractivity contribution in [3.05, 3.63) is 107 Å². The monoisotopic (exact) mass is 1870 g/mol. The van der Waals surface area contributed by atoms with E-state index in [2.05, 4.69) is 43.4 Å². The number of nitrogens with two attached hydrogens (primary N) is 3. The van der Waals surface area contributed by atoms with Gasteiger partial charge in [0.25, 0.3) is 17.7 Å². The highest BCUT2D eigenvalue weighted by Crippen LogP contribution is 2.40. The van der Waals surface area contributed by atoms with Gasteiger partial charge < -0.3 is 119 Å². The number of ketones is 2. The van der Waals surface area contributed by atoms with Crippen LogP contribution in [0, 0.1) is 35.5 Å². The molecule has 1 aliphatic carbocycles. The molecule has 0 unspecified atom stereocenters. The van der Waals surface area contributed by atoms with Crippen LogP contribution in [0.3, 0.4) is 0 Å². The predicted molar refractivity (Wildman–Crippen MR) is 498 cm³/mol. The summed E-state index contributed by atoms with van der Waals surface area (Å²) in [5, 5.41) is 55.0. The van der Waals surface area contributed by atoms with Crippen LogP contribution < -0.4 is 22.5 Å². The first-order chi connectivity index (χ1) is 64.6. The van der Waals surface area contributed by atoms with E-state index in [-0.39, 0.29) is 93.1 Å². The number of carbonyl (C=O) groups is 7. The van der Waals surface area contributed by atoms with E-state index < -0.39 is 114 Å². The van der Waals surface area contributed by atoms with E-state index in [1.807, 2.05) is 76.9 Å². The molecule has 4 amide bonds. The van der Waals surface area contributed by atoms with E-state index in [0.29, 0.717) is 196 Å². The van der Waals surface area contributed by atoms with Gasteiger partial charge in [0.1, 0.15) is 53.8 Å². The van der Waals surface area contributed by atoms with Crippen molar-refractivity contribution >= 4 is 75.3 Å². The summed E-state index contributed by atoms with van der Waals surface area (Å²) in [6.45, 7) is 19.6. The van der Waals surface area contributed by atoms with Crippen LogP contribution in [0.15, 0.2) is 94.7 Å². The van der Waals surface area contributed by atoms with Crippen molar-refractivity contribution in [3.63, 3.8) is 0 Å². The number of hydrogen-bond donors (Lipinski definition) is 8. The first-order valence-electron chi connectivity index (χ1n) is 48.1. The first-order valence-corrected chi connectivity index (χ1v) is 48.1. The Labute approximate surface area is 785 Å². The average molecular weight is 1870 g/mol. The van der Waals surface area contributed by atoms with Gasteiger partial charge in [0.15, 0.2) is 17.0 Å². The van der Waals surface area contributed by atoms with E-state index in [1.54, 1.807) is 40.9 Å². The van der Waals surface area contributed by atoms with Crippen molar-refractivity contribution in [3.8, 4) is 11.3 Å². The number of amides is 4. The summed E-state index contributed by atoms with van der Waals surface area (Å²) in [6.07, 6.45) is 12.2. The molecule has 5 aromatic rings. The molecule has 36 heteroatoms. The molecule has 0 spiro atoms. The fourth-order valence-corrected chi connectivity index (χ4v) is 19.6. The molecule has 7 aliphatic rings. The molecule has 9 heterocycles. The predicted octanol–water partition coefficient (Wildman–Crippen LogP) is 7.68. The third kappa shape index (κ3) is 28.3. The number of fused-ring (bicyclic) bond motifs is 6. The molecule has 12 rings (SSSR count). The van der Waals surface area contributed by atoms with Gasteiger partial charge in [-0.25, -0.2) is 24.2 Å². The second-order valence-electron chi connectivity index (χ2n) is 37.2. The van der Waals surface area contributed by atoms with Crippen molar-refractivity contribution in [2.75, 3.05) is 151 Å². The molecule has 2 bridgehead atoms. The Balaban J connectivity index is 0.479. The van der Waals surface area contributed by atoms with Gasteiger partial charge in [-0.1, -0.05) is 82.4 Å². The Hall–Kier alpha value is -9.09. The highest BCUT2D eigenvalue weighted by molar-refractivity contribution is 6.39. The number of ether oxygens (including phenoxy) is 11. The van der Waals surface area contributed by atoms with Crippen molar-refractivity contribution < 1.29 is 111 Å². The number of oxazole rings is 1. The molecule has 134 heavy (non-hydrogen) atoms. The highest BCUT2D eigenvalue weighted by atomic mass is 16.6. The number of aliphatic hydroxyl groups excluding tert-OH is 3. The molecule has 4 saturated heterocycles. The summed E-state index contributed by atoms with van der Waals surface area (Å²) in [6, 6.07) is 10.3. The first kappa shape index (κ1) is 104. The minimum atomic E-state index is -2.50. The van der Waals surface area contributed by atoms with Gasteiger partial charge >= 0.3 is 12.1 Å². The van der Waals surface area contributed by atoms with E-state index in [9.17, 15) is 54.0 Å². The van der Waals surface area contributed by atoms with E-state index >= 15 is 0 Å². The lowest BCUT2D eigenvalue weighted by Crippen LogP contribution is -2.61. The van der Waals surface area contributed by atoms with Gasteiger partial charge in [0.2, 0.25) is 17.6 Å². The van der Waals surface area contributed by atoms with Gasteiger partial charge in [-0.05, 0) is 181 Å². The van der Waals surface area contributed by atoms with Crippen LogP contribution >= 0.6 is 0 Å². The number of likely N-dealkylation sites (tertiary alicyclic amines) is 2. The second-order valence-corrected chi connectivity index (χ2v) is 37.2. The Kier molecular flexibility index (Phi) is 39.4. The number of aromatic nitrogens is 5. The van der Waals surface area contributed by atoms with Crippen molar-refractivity contribution in [1.82, 2.24) is 49.6 Å². The highest BCUT2D eigenvalue weighted by Gasteiger charge is 2.54. The Morgan fingerprint density at radius 3 is 2.09 bits per heavy atom. The lowest BCUT2D eigenvalue weighted by Gasteiger charge is -2.42. The average Bonchev–Trinajstić information content (AvgIpc) is 1.56. The number of piperidine rings is 3. The SMILES string of the molecule is CO[C@H]1C[C@@H]2CC[C@@H](C)[C@@](O)(O2)C(=O)C(=O)N2CCCC[C@H]2C(=O)O[C@H]([C@H](N)C[C@@H]2CC[C@@H](OC(=O)NCCOCCOCCOCCOCCOCCOCCC(=O)N3CCC(N4CCC(C(=O)N5CCc6cc(Cn7nc(-c8ccc9oc(N)nc9c8)c8c(N)ncnc87)ccc6C5)CC4)CC3)[C@H](OC)C2)C[C@@H](O)[C@H](C)/C=C(\C)[C@@H](O)[C@@H](O)C(=O)[C@H](C)C[C@H](C)/C=C/C=C/C=C/1C. The van der Waals surface area contributed by atoms with Gasteiger partial charge in [-0.15, -0.1) is 0 Å². The van der Waals surface area contributed by atoms with E-state index in [1.165, 1.54) is 19.0 Å². The number of hydrogen-bond acceptors (Lipinski definition) is 31. The maximum absolute atomic E-state index is 14.7. The third-order valence-corrected chi connectivity index (χ3v) is 27.6. The lowest BCUT2D eigenvalue weighted by atomic mass is 9.80. The zero-order chi connectivity index (χ0) is 95.5. The van der Waals surface area contributed by atoms with Crippen LogP contribution in [0.2, 0.25) is 0 Å². The van der Waals surface area contributed by atoms with Crippen LogP contribution in [0.5, 0.6) is 0 Å². The fourth-order valence-electron chi connectivity index (χ4n) is 19.6. The van der Waals surface area contributed by atoms with Crippen LogP contribution in [0.25, 0.3) is 33.4 Å². The number of alkyl carbamates (subject to hydrolysis) is 1. The van der Waals surface area contributed by atoms with Gasteiger partial charge in [0.05, 0.1) is 122 Å². The number of nitrogen functional groups attached to an aromatic ring is 2. The number of nitrogens with one attached hydrogen (secondary N) is 1. The summed E-state index contributed by atoms with van der Waals surface area (Å²) in [5.74, 6) is -7.84. The largest absolute Gasteiger partial charge is 0.459 e. The zero-order valence-corrected chi connectivity index (χ0v) is 79.2. The molecule has 16 atom stereocenters. The molecule has 738 valence electrons. The standard InChI is InChI=1S/C98H143N13O23/c1-61-14-10-9-11-15-62(2)81(123-7)56-74-22-17-66(6)98(122,134-74)90(117)94(119)110-32-13-12-16-77(110)95(120)131-82(57-78(112)63(3)51-65(5)88(115)89(116)87(114)64(4)50-61)75(99)53-67-19-23-80(83(54-67)124-8)133-97(121)102-31-39-126-41-43-128-45-47-130-49-48-129-46-44-127-42-40-125-38-30-84(113)108-36-28-73(29-37-108)107-33-25-69(26-34-107)93(118)109-35-27-70-52-68(18-20-72(70)59-109)58-111-92-85(91(100)103-60-104-92)86(106-111)71-21-24-79-76(55-71)105-96(101)132-79/h9-11,14-15,18,20-21,24,51-52,55,60-61,63-64,66-67,69,73-75,77-78,80-83,88-89,112,115-116,122H,12-13,16-17,19,22-23,25-50,53-54,56-59,99H2,1-8H3,(H2,101,105)(H,102,121)(H2,100,103,104)/b11-9+,14-10+,62-15+,65-51+/t61-,63-,64-,66-,67+,74+,75-,77+,78-,80-,81+,82+,83-,88-,89+,98-/m1/s1. The number of esters is 1. The summed E-state index contributed by atoms with van der Waals surface area (Å²) >= 11 is 0. The number of allylic oxidation sites excluding steroid dienone is 5. The van der Waals surface area contributed by atoms with Crippen molar-refractivity contribution in [2.45, 2.75) is 243 Å². The molecule has 5 fully saturated rings. The smallest absolute Gasteiger partial charge is 0.407 e. The van der Waals surface area contributed by atoms with Gasteiger partial charge in [-0.3, -0.25) is 24.0 Å². The number of rotatable bonds is 32. The lowest BCUT2D eigenvalue weighted by molar-refractivity contribution is -0.265. The summed E-state index contributed by atoms with van der Waals surface area (Å²) in [7, 11) is 3.08. The molecule has 6 aliphatic heterocycles. The number of benzene rings is 2. The van der Waals surface area contributed by atoms with Crippen LogP contribution in [0.4, 0.5) is 16.6 Å². The molecule has 0 radical (unpaired) electrons. The molecule has 2 aromatic carbocycles. The van der Waals surface area contributed by atoms with Crippen LogP contribution in [-0.2, 0) is 100 Å². The number of carbonyl (C=O) groups excluding carboxylic acids is 7. The van der Waals surface area contributed by atoms with Gasteiger partial charge in [0, 0.05) is 108 Å². The molecule has 36 nitrogen and oxygen atoms in total. The Morgan fingerprint density at radius 1 is 0.687 bits per heavy atom. The molecule has 3 aromatic heterocycles. The Bertz CT molecular complexity index is 4810. The van der Waals surface area contributed by atoms with Crippen molar-refractivity contribution in [2.24, 2.45) is 41.2 Å². The van der Waals surface area contributed by atoms with Crippen LogP contribution in [-0.4, -0.2) is 318 Å². The number of anilines is 2. The number of aliphatic hydroxyl groups is 4. The zero-order valence-electron chi connectivity index (χ0n) is 79.2. The third-order valence-electron chi connectivity index (χ3n) is 27.6. The molecule has 1 saturated carbocycles. The van der Waals surface area contributed by atoms with Gasteiger partial charge in [-0.2, -0.15) is 10.1 Å². The van der Waals surface area contributed by atoms with Crippen molar-refractivity contribution in [1.29, 1.82) is 0 Å². The fraction of sp³-hybridized carbons (Fsp3) is 0.663. The normalized spacial score (nSPS) is 28.6. The quantitative estimate of drug-likeness (QED) is 0.00885. The van der Waals surface area contributed by atoms with E-state index in [4.69, 9.17) is 78.8 Å². The summed E-state index contributed by atoms with van der Waals surface area (Å²) in [4.78, 5) is 118. The minimum absolute atomic E-state index is 0.00589. The maximum Gasteiger partial charge on any atom is 0.407 e. The molecular formula is C98H143N13O23. The topological polar surface area (TPSA) is 475 Å². The molecule has 11 N–H and O–H groups in total. The summed E-state index contributed by atoms with van der Waals surface area (Å²) in [5.41, 5.74) is 27.1. The number of Topliss-reactive ketones (excluding diaryl/α,β-unsaturated/α-hetero) is 2. The number of methoxy groups -OCH3 is 2. The van der Waals surface area contributed by atoms with E-state index in [0.717, 1.165) is 72.4 Å². The van der Waals surface area contributed by atoms with Crippen LogP contribution in [0.1, 0.15) is 167 Å². The number of cyclic esters (lactones) is 1. The minimum Gasteiger partial charge on any atom is -0.459 e. The maximum atomic E-state index is 14.7. The Morgan fingerprint density at radius 2 is 1.39 bits per heavy atom. The molecular weight excluding hydrogens is 1730 g/mol. The summed E-state index contributed by atoms with van der Waals surface area (Å²) < 4.78 is 71.4. The number of nitrogens with zero attached hydrogens (tertiary/aromatic N) is 9. The second kappa shape index (κ2) is 50.8.